The minimum Gasteiger partial charge on any atom is -0.466 e. The number of esters is 1. The van der Waals surface area contributed by atoms with Gasteiger partial charge in [-0.1, -0.05) is 53.4 Å². The SMILES string of the molecule is CCCCc1c2nc(c(CCCC)c3cc(/C=C/C(=O)OC)c([nH]3)c(CCCC)c3nc(c(CCCC)c4ccc1[nH]4)C=C3)C=C2. The molecule has 2 N–H and O–H groups in total. The lowest BCUT2D eigenvalue weighted by Gasteiger charge is -2.06. The first-order valence-corrected chi connectivity index (χ1v) is 17.4. The summed E-state index contributed by atoms with van der Waals surface area (Å²) in [5.41, 5.74) is 14.2. The molecule has 8 bridgehead atoms. The number of H-pyrrole nitrogens is 2. The Balaban J connectivity index is 1.95. The number of nitrogens with zero attached hydrogens (tertiary/aromatic N) is 2. The summed E-state index contributed by atoms with van der Waals surface area (Å²) in [4.78, 5) is 30.5. The highest BCUT2D eigenvalue weighted by atomic mass is 16.5. The van der Waals surface area contributed by atoms with E-state index in [0.717, 1.165) is 127 Å². The van der Waals surface area contributed by atoms with Crippen molar-refractivity contribution in [2.75, 3.05) is 7.11 Å². The highest BCUT2D eigenvalue weighted by Crippen LogP contribution is 2.31. The van der Waals surface area contributed by atoms with Crippen molar-refractivity contribution in [2.45, 2.75) is 105 Å². The number of carbonyl (C=O) groups is 1. The van der Waals surface area contributed by atoms with Crippen LogP contribution >= 0.6 is 0 Å². The molecule has 3 aromatic heterocycles. The fraction of sp³-hybridized carbons (Fsp3) is 0.425. The molecule has 2 aliphatic heterocycles. The highest BCUT2D eigenvalue weighted by Gasteiger charge is 2.17. The van der Waals surface area contributed by atoms with Gasteiger partial charge in [0.2, 0.25) is 0 Å². The average molecular weight is 619 g/mol. The van der Waals surface area contributed by atoms with Gasteiger partial charge in [0.15, 0.2) is 0 Å². The molecule has 5 heterocycles. The quantitative estimate of drug-likeness (QED) is 0.0958. The lowest BCUT2D eigenvalue weighted by molar-refractivity contribution is -0.134. The summed E-state index contributed by atoms with van der Waals surface area (Å²) in [6.07, 6.45) is 24.5. The summed E-state index contributed by atoms with van der Waals surface area (Å²) in [6.45, 7) is 8.93. The Morgan fingerprint density at radius 3 is 1.54 bits per heavy atom. The standard InChI is InChI=1S/C40H50N4O2/c1-6-10-14-28-32-19-20-33(41-32)29(15-11-7-2)35-23-24-37(43-35)31(17-13-9-4)40-27(18-25-39(45)46-5)26-38(44-40)30(16-12-8-3)36-22-21-34(28)42-36/h18-26,41,44H,6-17H2,1-5H3/b25-18+,32-28?,33-29?,34-28?,35-29?,36-30?,37-31?,38-30?,40-31?. The molecular weight excluding hydrogens is 568 g/mol. The van der Waals surface area contributed by atoms with E-state index in [2.05, 4.69) is 80.2 Å². The Labute approximate surface area is 274 Å². The molecule has 0 fully saturated rings. The van der Waals surface area contributed by atoms with Gasteiger partial charge in [-0.25, -0.2) is 14.8 Å². The second-order valence-electron chi connectivity index (χ2n) is 12.4. The van der Waals surface area contributed by atoms with Crippen LogP contribution in [0.1, 0.15) is 130 Å². The van der Waals surface area contributed by atoms with E-state index in [0.29, 0.717) is 0 Å². The average Bonchev–Trinajstić information content (AvgIpc) is 3.89. The molecule has 242 valence electrons. The third-order valence-corrected chi connectivity index (χ3v) is 9.05. The molecule has 0 radical (unpaired) electrons. The third-order valence-electron chi connectivity index (χ3n) is 9.05. The molecule has 5 rings (SSSR count). The van der Waals surface area contributed by atoms with E-state index in [9.17, 15) is 4.79 Å². The summed E-state index contributed by atoms with van der Waals surface area (Å²) >= 11 is 0. The largest absolute Gasteiger partial charge is 0.466 e. The molecular formula is C40H50N4O2. The normalized spacial score (nSPS) is 12.5. The van der Waals surface area contributed by atoms with E-state index in [1.165, 1.54) is 35.4 Å². The topological polar surface area (TPSA) is 83.7 Å². The van der Waals surface area contributed by atoms with Gasteiger partial charge >= 0.3 is 5.97 Å². The molecule has 0 saturated heterocycles. The number of nitrogens with one attached hydrogen (secondary N) is 2. The Hall–Kier alpha value is -4.19. The lowest BCUT2D eigenvalue weighted by atomic mass is 10.0. The molecule has 0 spiro atoms. The predicted molar refractivity (Wildman–Crippen MR) is 194 cm³/mol. The van der Waals surface area contributed by atoms with Gasteiger partial charge in [0.25, 0.3) is 0 Å². The van der Waals surface area contributed by atoms with Gasteiger partial charge in [-0.05, 0) is 99.9 Å². The van der Waals surface area contributed by atoms with Crippen molar-refractivity contribution in [1.82, 2.24) is 19.9 Å². The predicted octanol–water partition coefficient (Wildman–Crippen LogP) is 10.2. The summed E-state index contributed by atoms with van der Waals surface area (Å²) in [5, 5.41) is 0. The minimum absolute atomic E-state index is 0.371. The summed E-state index contributed by atoms with van der Waals surface area (Å²) in [5.74, 6) is -0.371. The van der Waals surface area contributed by atoms with Gasteiger partial charge in [-0.3, -0.25) is 0 Å². The molecule has 46 heavy (non-hydrogen) atoms. The Kier molecular flexibility index (Phi) is 11.5. The van der Waals surface area contributed by atoms with Crippen molar-refractivity contribution >= 4 is 58.4 Å². The summed E-state index contributed by atoms with van der Waals surface area (Å²) < 4.78 is 4.96. The fourth-order valence-corrected chi connectivity index (χ4v) is 6.38. The number of aromatic nitrogens is 4. The lowest BCUT2D eigenvalue weighted by Crippen LogP contribution is -1.96. The van der Waals surface area contributed by atoms with E-state index < -0.39 is 0 Å². The maximum atomic E-state index is 12.2. The van der Waals surface area contributed by atoms with Crippen molar-refractivity contribution < 1.29 is 9.53 Å². The molecule has 6 heteroatoms. The third kappa shape index (κ3) is 7.43. The Morgan fingerprint density at radius 2 is 1.09 bits per heavy atom. The molecule has 2 aliphatic rings. The molecule has 6 nitrogen and oxygen atoms in total. The first kappa shape index (κ1) is 33.2. The zero-order valence-corrected chi connectivity index (χ0v) is 28.4. The number of hydrogen-bond acceptors (Lipinski definition) is 4. The molecule has 0 aliphatic carbocycles. The number of aryl methyl sites for hydroxylation is 4. The van der Waals surface area contributed by atoms with E-state index >= 15 is 0 Å². The number of unbranched alkanes of at least 4 members (excludes halogenated alkanes) is 4. The van der Waals surface area contributed by atoms with Crippen LogP contribution in [0.2, 0.25) is 0 Å². The van der Waals surface area contributed by atoms with Crippen LogP contribution < -0.4 is 0 Å². The van der Waals surface area contributed by atoms with Gasteiger partial charge < -0.3 is 14.7 Å². The van der Waals surface area contributed by atoms with Crippen LogP contribution in [0.15, 0.2) is 24.3 Å². The van der Waals surface area contributed by atoms with E-state index in [1.807, 2.05) is 6.08 Å². The van der Waals surface area contributed by atoms with Gasteiger partial charge in [-0.15, -0.1) is 0 Å². The first-order valence-electron chi connectivity index (χ1n) is 17.4. The summed E-state index contributed by atoms with van der Waals surface area (Å²) in [6, 6.07) is 6.65. The van der Waals surface area contributed by atoms with Crippen LogP contribution in [0.25, 0.3) is 52.4 Å². The zero-order valence-electron chi connectivity index (χ0n) is 28.4. The van der Waals surface area contributed by atoms with Gasteiger partial charge in [-0.2, -0.15) is 0 Å². The smallest absolute Gasteiger partial charge is 0.330 e. The number of rotatable bonds is 14. The molecule has 0 unspecified atom stereocenters. The van der Waals surface area contributed by atoms with Crippen LogP contribution in [0, 0.1) is 0 Å². The molecule has 0 atom stereocenters. The van der Waals surface area contributed by atoms with Gasteiger partial charge in [0, 0.05) is 50.4 Å². The van der Waals surface area contributed by atoms with Crippen molar-refractivity contribution in [3.8, 4) is 0 Å². The first-order chi connectivity index (χ1) is 22.5. The maximum absolute atomic E-state index is 12.2. The van der Waals surface area contributed by atoms with Gasteiger partial charge in [0.05, 0.1) is 35.4 Å². The monoisotopic (exact) mass is 618 g/mol. The molecule has 0 aromatic carbocycles. The number of carbonyl (C=O) groups excluding carboxylic acids is 1. The number of aromatic amines is 2. The van der Waals surface area contributed by atoms with Crippen LogP contribution in [-0.4, -0.2) is 33.0 Å². The molecule has 0 amide bonds. The number of hydrogen-bond donors (Lipinski definition) is 2. The van der Waals surface area contributed by atoms with Crippen molar-refractivity contribution in [1.29, 1.82) is 0 Å². The Bertz CT molecular complexity index is 1800. The second kappa shape index (κ2) is 15.9. The minimum atomic E-state index is -0.371. The van der Waals surface area contributed by atoms with E-state index in [1.54, 1.807) is 0 Å². The van der Waals surface area contributed by atoms with E-state index in [4.69, 9.17) is 14.7 Å². The zero-order chi connectivity index (χ0) is 32.5. The highest BCUT2D eigenvalue weighted by molar-refractivity contribution is 5.92. The second-order valence-corrected chi connectivity index (χ2v) is 12.4. The summed E-state index contributed by atoms with van der Waals surface area (Å²) in [7, 11) is 1.41. The number of fused-ring (bicyclic) bond motifs is 8. The maximum Gasteiger partial charge on any atom is 0.330 e. The molecule has 3 aromatic rings. The van der Waals surface area contributed by atoms with E-state index in [-0.39, 0.29) is 5.97 Å². The number of methoxy groups -OCH3 is 1. The van der Waals surface area contributed by atoms with Gasteiger partial charge in [0.1, 0.15) is 0 Å². The van der Waals surface area contributed by atoms with Crippen LogP contribution in [-0.2, 0) is 35.2 Å². The van der Waals surface area contributed by atoms with Crippen molar-refractivity contribution in [2.24, 2.45) is 0 Å². The van der Waals surface area contributed by atoms with Crippen molar-refractivity contribution in [3.05, 3.63) is 74.9 Å². The fourth-order valence-electron chi connectivity index (χ4n) is 6.38. The Morgan fingerprint density at radius 1 is 0.652 bits per heavy atom. The van der Waals surface area contributed by atoms with Crippen LogP contribution in [0.4, 0.5) is 0 Å². The van der Waals surface area contributed by atoms with Crippen molar-refractivity contribution in [3.63, 3.8) is 0 Å². The van der Waals surface area contributed by atoms with Crippen LogP contribution in [0.5, 0.6) is 0 Å². The van der Waals surface area contributed by atoms with Crippen LogP contribution in [0.3, 0.4) is 0 Å². The number of ether oxygens (including phenoxy) is 1. The molecule has 0 saturated carbocycles.